The Balaban J connectivity index is 2.13. The summed E-state index contributed by atoms with van der Waals surface area (Å²) < 4.78 is 6.11. The van der Waals surface area contributed by atoms with Crippen LogP contribution in [0.3, 0.4) is 0 Å². The number of nitrogens with one attached hydrogen (secondary N) is 1. The number of hydrogen-bond acceptors (Lipinski definition) is 3. The van der Waals surface area contributed by atoms with E-state index in [1.54, 1.807) is 0 Å². The summed E-state index contributed by atoms with van der Waals surface area (Å²) in [5.41, 5.74) is 1.15. The van der Waals surface area contributed by atoms with Crippen LogP contribution >= 0.6 is 0 Å². The molecule has 3 heteroatoms. The summed E-state index contributed by atoms with van der Waals surface area (Å²) in [6.45, 7) is 2.12. The Kier molecular flexibility index (Phi) is 5.23. The van der Waals surface area contributed by atoms with Crippen LogP contribution in [0.5, 0.6) is 5.75 Å². The monoisotopic (exact) mass is 263 g/mol. The lowest BCUT2D eigenvalue weighted by molar-refractivity contribution is 0.0312. The molecule has 1 fully saturated rings. The van der Waals surface area contributed by atoms with Gasteiger partial charge in [-0.15, -0.1) is 0 Å². The van der Waals surface area contributed by atoms with Crippen molar-refractivity contribution in [3.8, 4) is 5.75 Å². The van der Waals surface area contributed by atoms with Gasteiger partial charge in [0.1, 0.15) is 11.9 Å². The second-order valence-corrected chi connectivity index (χ2v) is 5.41. The zero-order valence-corrected chi connectivity index (χ0v) is 11.9. The van der Waals surface area contributed by atoms with Crippen molar-refractivity contribution in [3.63, 3.8) is 0 Å². The second-order valence-electron chi connectivity index (χ2n) is 5.41. The van der Waals surface area contributed by atoms with Crippen molar-refractivity contribution in [2.24, 2.45) is 0 Å². The number of aliphatic hydroxyl groups is 1. The first kappa shape index (κ1) is 14.4. The lowest BCUT2D eigenvalue weighted by Gasteiger charge is -2.25. The number of aliphatic hydroxyl groups excluding tert-OH is 1. The Morgan fingerprint density at radius 2 is 1.95 bits per heavy atom. The molecule has 3 unspecified atom stereocenters. The van der Waals surface area contributed by atoms with Gasteiger partial charge in [0, 0.05) is 11.6 Å². The van der Waals surface area contributed by atoms with Gasteiger partial charge in [-0.3, -0.25) is 0 Å². The molecule has 1 saturated carbocycles. The molecule has 1 aromatic rings. The standard InChI is InChI=1S/C16H25NO2/c1-12(17-2)13-8-6-7-10-15(13)19-16-11-5-3-4-9-14(16)18/h6-8,10,12,14,16-18H,3-5,9,11H2,1-2H3. The minimum absolute atomic E-state index is 0.0623. The van der Waals surface area contributed by atoms with E-state index in [-0.39, 0.29) is 18.2 Å². The van der Waals surface area contributed by atoms with Gasteiger partial charge < -0.3 is 15.2 Å². The van der Waals surface area contributed by atoms with Gasteiger partial charge >= 0.3 is 0 Å². The van der Waals surface area contributed by atoms with Gasteiger partial charge in [-0.2, -0.15) is 0 Å². The molecule has 19 heavy (non-hydrogen) atoms. The highest BCUT2D eigenvalue weighted by Gasteiger charge is 2.24. The number of para-hydroxylation sites is 1. The van der Waals surface area contributed by atoms with Crippen molar-refractivity contribution >= 4 is 0 Å². The van der Waals surface area contributed by atoms with Crippen LogP contribution < -0.4 is 10.1 Å². The van der Waals surface area contributed by atoms with Gasteiger partial charge in [0.2, 0.25) is 0 Å². The van der Waals surface area contributed by atoms with Crippen LogP contribution in [-0.2, 0) is 0 Å². The van der Waals surface area contributed by atoms with Crippen LogP contribution in [0, 0.1) is 0 Å². The fourth-order valence-electron chi connectivity index (χ4n) is 2.66. The summed E-state index contributed by atoms with van der Waals surface area (Å²) in [6, 6.07) is 8.35. The Bertz CT molecular complexity index is 394. The van der Waals surface area contributed by atoms with Crippen LogP contribution in [-0.4, -0.2) is 24.4 Å². The maximum Gasteiger partial charge on any atom is 0.124 e. The molecule has 3 atom stereocenters. The van der Waals surface area contributed by atoms with Crippen molar-refractivity contribution in [1.82, 2.24) is 5.32 Å². The molecule has 0 aromatic heterocycles. The quantitative estimate of drug-likeness (QED) is 0.820. The molecular weight excluding hydrogens is 238 g/mol. The molecule has 1 aliphatic carbocycles. The Labute approximate surface area is 116 Å². The topological polar surface area (TPSA) is 41.5 Å². The summed E-state index contributed by atoms with van der Waals surface area (Å²) in [5, 5.41) is 13.4. The van der Waals surface area contributed by atoms with Crippen LogP contribution in [0.4, 0.5) is 0 Å². The maximum atomic E-state index is 10.2. The van der Waals surface area contributed by atoms with Crippen molar-refractivity contribution in [3.05, 3.63) is 29.8 Å². The van der Waals surface area contributed by atoms with Gasteiger partial charge in [0.05, 0.1) is 6.10 Å². The normalized spacial score (nSPS) is 25.6. The average molecular weight is 263 g/mol. The Morgan fingerprint density at radius 3 is 2.74 bits per heavy atom. The van der Waals surface area contributed by atoms with Crippen molar-refractivity contribution < 1.29 is 9.84 Å². The molecule has 2 N–H and O–H groups in total. The Hall–Kier alpha value is -1.06. The number of ether oxygens (including phenoxy) is 1. The van der Waals surface area contributed by atoms with Crippen LogP contribution in [0.25, 0.3) is 0 Å². The van der Waals surface area contributed by atoms with E-state index in [9.17, 15) is 5.11 Å². The zero-order chi connectivity index (χ0) is 13.7. The fourth-order valence-corrected chi connectivity index (χ4v) is 2.66. The summed E-state index contributed by atoms with van der Waals surface area (Å²) in [5.74, 6) is 0.898. The average Bonchev–Trinajstić information content (AvgIpc) is 2.64. The molecule has 1 aliphatic rings. The highest BCUT2D eigenvalue weighted by atomic mass is 16.5. The first-order valence-corrected chi connectivity index (χ1v) is 7.33. The molecule has 1 aromatic carbocycles. The van der Waals surface area contributed by atoms with Gasteiger partial charge in [0.25, 0.3) is 0 Å². The van der Waals surface area contributed by atoms with E-state index in [1.807, 2.05) is 25.2 Å². The highest BCUT2D eigenvalue weighted by Crippen LogP contribution is 2.29. The summed E-state index contributed by atoms with van der Waals surface area (Å²) in [7, 11) is 1.95. The first-order chi connectivity index (χ1) is 9.22. The van der Waals surface area contributed by atoms with Crippen LogP contribution in [0.15, 0.2) is 24.3 Å². The first-order valence-electron chi connectivity index (χ1n) is 7.33. The predicted molar refractivity (Wildman–Crippen MR) is 77.4 cm³/mol. The van der Waals surface area contributed by atoms with E-state index >= 15 is 0 Å². The van der Waals surface area contributed by atoms with Crippen molar-refractivity contribution in [1.29, 1.82) is 0 Å². The minimum Gasteiger partial charge on any atom is -0.487 e. The third kappa shape index (κ3) is 3.71. The largest absolute Gasteiger partial charge is 0.487 e. The maximum absolute atomic E-state index is 10.2. The number of benzene rings is 1. The van der Waals surface area contributed by atoms with E-state index in [0.717, 1.165) is 37.0 Å². The summed E-state index contributed by atoms with van der Waals surface area (Å²) in [6.07, 6.45) is 4.86. The molecule has 3 nitrogen and oxygen atoms in total. The molecule has 0 heterocycles. The molecule has 0 saturated heterocycles. The molecule has 0 spiro atoms. The second kappa shape index (κ2) is 6.92. The van der Waals surface area contributed by atoms with E-state index in [0.29, 0.717) is 0 Å². The molecule has 106 valence electrons. The molecule has 0 aliphatic heterocycles. The third-order valence-electron chi connectivity index (χ3n) is 4.01. The van der Waals surface area contributed by atoms with E-state index in [1.165, 1.54) is 6.42 Å². The van der Waals surface area contributed by atoms with E-state index < -0.39 is 0 Å². The summed E-state index contributed by atoms with van der Waals surface area (Å²) >= 11 is 0. The van der Waals surface area contributed by atoms with Gasteiger partial charge in [-0.1, -0.05) is 31.0 Å². The highest BCUT2D eigenvalue weighted by molar-refractivity contribution is 5.35. The summed E-state index contributed by atoms with van der Waals surface area (Å²) in [4.78, 5) is 0. The van der Waals surface area contributed by atoms with Gasteiger partial charge in [0.15, 0.2) is 0 Å². The van der Waals surface area contributed by atoms with E-state index in [4.69, 9.17) is 4.74 Å². The minimum atomic E-state index is -0.333. The van der Waals surface area contributed by atoms with Crippen molar-refractivity contribution in [2.45, 2.75) is 57.3 Å². The zero-order valence-electron chi connectivity index (χ0n) is 11.9. The molecular formula is C16H25NO2. The SMILES string of the molecule is CNC(C)c1ccccc1OC1CCCCCC1O. The molecule has 0 radical (unpaired) electrons. The lowest BCUT2D eigenvalue weighted by Crippen LogP contribution is -2.31. The Morgan fingerprint density at radius 1 is 1.21 bits per heavy atom. The lowest BCUT2D eigenvalue weighted by atomic mass is 10.1. The molecule has 0 amide bonds. The fraction of sp³-hybridized carbons (Fsp3) is 0.625. The number of rotatable bonds is 4. The smallest absolute Gasteiger partial charge is 0.124 e. The van der Waals surface area contributed by atoms with Crippen LogP contribution in [0.2, 0.25) is 0 Å². The van der Waals surface area contributed by atoms with E-state index in [2.05, 4.69) is 18.3 Å². The predicted octanol–water partition coefficient (Wildman–Crippen LogP) is 3.04. The third-order valence-corrected chi connectivity index (χ3v) is 4.01. The molecule has 0 bridgehead atoms. The van der Waals surface area contributed by atoms with Gasteiger partial charge in [-0.05, 0) is 39.3 Å². The van der Waals surface area contributed by atoms with Crippen molar-refractivity contribution in [2.75, 3.05) is 7.05 Å². The van der Waals surface area contributed by atoms with Gasteiger partial charge in [-0.25, -0.2) is 0 Å². The number of hydrogen-bond donors (Lipinski definition) is 2. The van der Waals surface area contributed by atoms with Crippen LogP contribution in [0.1, 0.15) is 50.6 Å². The molecule has 2 rings (SSSR count).